The van der Waals surface area contributed by atoms with Crippen LogP contribution < -0.4 is 10.5 Å². The fourth-order valence-corrected chi connectivity index (χ4v) is 2.66. The van der Waals surface area contributed by atoms with E-state index >= 15 is 0 Å². The van der Waals surface area contributed by atoms with Gasteiger partial charge in [0.2, 0.25) is 0 Å². The summed E-state index contributed by atoms with van der Waals surface area (Å²) in [4.78, 5) is 0. The first-order valence-corrected chi connectivity index (χ1v) is 7.48. The van der Waals surface area contributed by atoms with E-state index < -0.39 is 0 Å². The number of hydrogen-bond acceptors (Lipinski definition) is 3. The maximum Gasteiger partial charge on any atom is 0.128 e. The lowest BCUT2D eigenvalue weighted by atomic mass is 9.84. The van der Waals surface area contributed by atoms with Crippen molar-refractivity contribution in [1.82, 2.24) is 0 Å². The zero-order chi connectivity index (χ0) is 14.9. The summed E-state index contributed by atoms with van der Waals surface area (Å²) in [5.74, 6) is 0.971. The third kappa shape index (κ3) is 3.15. The average molecular weight is 277 g/mol. The van der Waals surface area contributed by atoms with Crippen molar-refractivity contribution in [3.05, 3.63) is 29.3 Å². The normalized spacial score (nSPS) is 26.2. The van der Waals surface area contributed by atoms with Gasteiger partial charge in [-0.2, -0.15) is 0 Å². The minimum atomic E-state index is 0.0216. The number of benzene rings is 1. The van der Waals surface area contributed by atoms with Crippen LogP contribution in [0.3, 0.4) is 0 Å². The lowest BCUT2D eigenvalue weighted by Gasteiger charge is -2.42. The third-order valence-electron chi connectivity index (χ3n) is 3.88. The van der Waals surface area contributed by atoms with Gasteiger partial charge in [-0.25, -0.2) is 0 Å². The van der Waals surface area contributed by atoms with Crippen LogP contribution in [0.2, 0.25) is 0 Å². The molecule has 0 bridgehead atoms. The molecule has 3 heteroatoms. The van der Waals surface area contributed by atoms with Gasteiger partial charge in [0.15, 0.2) is 0 Å². The molecule has 3 atom stereocenters. The van der Waals surface area contributed by atoms with E-state index in [0.29, 0.717) is 6.61 Å². The Hall–Kier alpha value is -1.06. The number of ether oxygens (including phenoxy) is 2. The molecule has 2 rings (SSSR count). The molecule has 1 aromatic rings. The van der Waals surface area contributed by atoms with Crippen molar-refractivity contribution in [3.8, 4) is 5.75 Å². The molecule has 1 saturated carbocycles. The molecule has 0 aromatic heterocycles. The van der Waals surface area contributed by atoms with Crippen LogP contribution in [0, 0.1) is 6.92 Å². The Morgan fingerprint density at radius 2 is 2.00 bits per heavy atom. The van der Waals surface area contributed by atoms with Gasteiger partial charge in [-0.1, -0.05) is 32.9 Å². The van der Waals surface area contributed by atoms with Gasteiger partial charge in [0.05, 0.1) is 0 Å². The number of hydrogen-bond donors (Lipinski definition) is 1. The summed E-state index contributed by atoms with van der Waals surface area (Å²) in [6.45, 7) is 11.4. The predicted octanol–water partition coefficient (Wildman–Crippen LogP) is 3.18. The first-order chi connectivity index (χ1) is 9.32. The lowest BCUT2D eigenvalue weighted by Crippen LogP contribution is -2.59. The lowest BCUT2D eigenvalue weighted by molar-refractivity contribution is -0.0949. The standard InChI is InChI=1S/C17H27NO2/c1-6-19-16-13(18)10-15(16)20-14-9-11(2)7-8-12(14)17(3,4)5/h7-9,13,15-16H,6,10,18H2,1-5H3. The minimum absolute atomic E-state index is 0.0216. The zero-order valence-corrected chi connectivity index (χ0v) is 13.3. The second-order valence-corrected chi connectivity index (χ2v) is 6.73. The Morgan fingerprint density at radius 3 is 2.55 bits per heavy atom. The second kappa shape index (κ2) is 5.74. The van der Waals surface area contributed by atoms with Gasteiger partial charge in [-0.3, -0.25) is 0 Å². The summed E-state index contributed by atoms with van der Waals surface area (Å²) in [5.41, 5.74) is 8.51. The average Bonchev–Trinajstić information content (AvgIpc) is 2.34. The molecule has 1 aliphatic rings. The topological polar surface area (TPSA) is 44.5 Å². The van der Waals surface area contributed by atoms with E-state index in [4.69, 9.17) is 15.2 Å². The molecule has 3 nitrogen and oxygen atoms in total. The van der Waals surface area contributed by atoms with Crippen molar-refractivity contribution in [2.45, 2.75) is 64.7 Å². The van der Waals surface area contributed by atoms with Crippen molar-refractivity contribution in [3.63, 3.8) is 0 Å². The summed E-state index contributed by atoms with van der Waals surface area (Å²) < 4.78 is 11.9. The molecule has 112 valence electrons. The van der Waals surface area contributed by atoms with E-state index in [1.807, 2.05) is 6.92 Å². The van der Waals surface area contributed by atoms with Crippen LogP contribution in [0.25, 0.3) is 0 Å². The van der Waals surface area contributed by atoms with Crippen molar-refractivity contribution in [2.24, 2.45) is 5.73 Å². The van der Waals surface area contributed by atoms with Crippen LogP contribution in [-0.4, -0.2) is 24.9 Å². The van der Waals surface area contributed by atoms with Crippen molar-refractivity contribution >= 4 is 0 Å². The first-order valence-electron chi connectivity index (χ1n) is 7.48. The van der Waals surface area contributed by atoms with Crippen molar-refractivity contribution in [1.29, 1.82) is 0 Å². The van der Waals surface area contributed by atoms with E-state index in [-0.39, 0.29) is 23.7 Å². The van der Waals surface area contributed by atoms with Gasteiger partial charge in [0.25, 0.3) is 0 Å². The highest BCUT2D eigenvalue weighted by Gasteiger charge is 2.41. The van der Waals surface area contributed by atoms with E-state index in [2.05, 4.69) is 45.9 Å². The largest absolute Gasteiger partial charge is 0.487 e. The van der Waals surface area contributed by atoms with E-state index in [0.717, 1.165) is 12.2 Å². The summed E-state index contributed by atoms with van der Waals surface area (Å²) in [5, 5.41) is 0. The summed E-state index contributed by atoms with van der Waals surface area (Å²) in [6.07, 6.45) is 0.962. The predicted molar refractivity (Wildman–Crippen MR) is 82.3 cm³/mol. The van der Waals surface area contributed by atoms with Gasteiger partial charge in [0.1, 0.15) is 18.0 Å². The Bertz CT molecular complexity index is 465. The van der Waals surface area contributed by atoms with Crippen molar-refractivity contribution < 1.29 is 9.47 Å². The summed E-state index contributed by atoms with van der Waals surface area (Å²) in [7, 11) is 0. The van der Waals surface area contributed by atoms with Crippen molar-refractivity contribution in [2.75, 3.05) is 6.61 Å². The van der Waals surface area contributed by atoms with Crippen LogP contribution in [-0.2, 0) is 10.2 Å². The van der Waals surface area contributed by atoms with Crippen LogP contribution in [0.4, 0.5) is 0 Å². The molecule has 0 spiro atoms. The van der Waals surface area contributed by atoms with E-state index in [1.54, 1.807) is 0 Å². The fraction of sp³-hybridized carbons (Fsp3) is 0.647. The highest BCUT2D eigenvalue weighted by Crippen LogP contribution is 2.35. The van der Waals surface area contributed by atoms with Gasteiger partial charge in [0, 0.05) is 19.1 Å². The van der Waals surface area contributed by atoms with Gasteiger partial charge in [-0.15, -0.1) is 0 Å². The molecule has 2 N–H and O–H groups in total. The van der Waals surface area contributed by atoms with Gasteiger partial charge < -0.3 is 15.2 Å². The molecule has 20 heavy (non-hydrogen) atoms. The molecule has 0 saturated heterocycles. The first kappa shape index (κ1) is 15.3. The molecule has 1 aromatic carbocycles. The molecule has 0 heterocycles. The highest BCUT2D eigenvalue weighted by molar-refractivity contribution is 5.41. The molecule has 0 aliphatic heterocycles. The minimum Gasteiger partial charge on any atom is -0.487 e. The van der Waals surface area contributed by atoms with Gasteiger partial charge in [-0.05, 0) is 36.5 Å². The summed E-state index contributed by atoms with van der Waals surface area (Å²) in [6, 6.07) is 6.52. The van der Waals surface area contributed by atoms with Crippen LogP contribution in [0.1, 0.15) is 45.2 Å². The zero-order valence-electron chi connectivity index (χ0n) is 13.3. The quantitative estimate of drug-likeness (QED) is 0.919. The Balaban J connectivity index is 2.19. The second-order valence-electron chi connectivity index (χ2n) is 6.73. The van der Waals surface area contributed by atoms with E-state index in [9.17, 15) is 0 Å². The maximum absolute atomic E-state index is 6.22. The fourth-order valence-electron chi connectivity index (χ4n) is 2.66. The molecular formula is C17H27NO2. The number of rotatable bonds is 4. The number of aryl methyl sites for hydroxylation is 1. The highest BCUT2D eigenvalue weighted by atomic mass is 16.5. The molecule has 0 radical (unpaired) electrons. The molecule has 1 aliphatic carbocycles. The third-order valence-corrected chi connectivity index (χ3v) is 3.88. The van der Waals surface area contributed by atoms with E-state index in [1.165, 1.54) is 11.1 Å². The molecule has 1 fully saturated rings. The van der Waals surface area contributed by atoms with Crippen LogP contribution in [0.15, 0.2) is 18.2 Å². The Morgan fingerprint density at radius 1 is 1.30 bits per heavy atom. The SMILES string of the molecule is CCOC1C(N)CC1Oc1cc(C)ccc1C(C)(C)C. The maximum atomic E-state index is 6.22. The van der Waals surface area contributed by atoms with Crippen LogP contribution >= 0.6 is 0 Å². The number of nitrogens with two attached hydrogens (primary N) is 1. The van der Waals surface area contributed by atoms with Crippen LogP contribution in [0.5, 0.6) is 5.75 Å². The van der Waals surface area contributed by atoms with Gasteiger partial charge >= 0.3 is 0 Å². The summed E-state index contributed by atoms with van der Waals surface area (Å²) >= 11 is 0. The Kier molecular flexibility index (Phi) is 4.40. The molecule has 0 amide bonds. The molecular weight excluding hydrogens is 250 g/mol. The Labute approximate surface area is 122 Å². The smallest absolute Gasteiger partial charge is 0.128 e. The monoisotopic (exact) mass is 277 g/mol. The molecule has 3 unspecified atom stereocenters.